The number of fused-ring (bicyclic) bond motifs is 1. The maximum atomic E-state index is 14.3. The lowest BCUT2D eigenvalue weighted by Gasteiger charge is -2.26. The van der Waals surface area contributed by atoms with Gasteiger partial charge in [-0.1, -0.05) is 60.7 Å². The highest BCUT2D eigenvalue weighted by Gasteiger charge is 2.33. The van der Waals surface area contributed by atoms with Crippen molar-refractivity contribution in [3.8, 4) is 5.75 Å². The third-order valence-electron chi connectivity index (χ3n) is 10.9. The SMILES string of the molecule is CSCC[C@H](NC(=O)[C@H](Cc1ccc(OS(=O)(=O)O)cc1)NC(C)=O)C(=O)NCC(=O)N[C@@H](Cc1c[nH]c2ccccc12)C(=O)N[C@@H](CCSC)C(=O)N[C@H](CC(=O)O)C(=O)N[C@@H](Cc1ccccc1)C(N)=O. The zero-order chi connectivity index (χ0) is 53.7. The van der Waals surface area contributed by atoms with E-state index in [1.165, 1.54) is 54.7 Å². The molecule has 3 aromatic carbocycles. The van der Waals surface area contributed by atoms with Crippen LogP contribution in [0.2, 0.25) is 0 Å². The second-order valence-corrected chi connectivity index (χ2v) is 19.5. The molecule has 0 unspecified atom stereocenters. The Hall–Kier alpha value is -7.16. The summed E-state index contributed by atoms with van der Waals surface area (Å²) < 4.78 is 35.6. The summed E-state index contributed by atoms with van der Waals surface area (Å²) in [7, 11) is -4.79. The number of hydrogen-bond acceptors (Lipinski definition) is 14. The van der Waals surface area contributed by atoms with E-state index in [1.807, 2.05) is 0 Å². The molecule has 6 atom stereocenters. The van der Waals surface area contributed by atoms with Crippen molar-refractivity contribution in [1.29, 1.82) is 0 Å². The lowest BCUT2D eigenvalue weighted by molar-refractivity contribution is -0.141. The fraction of sp³-hybridized carbons (Fsp3) is 0.383. The Morgan fingerprint density at radius 3 is 1.71 bits per heavy atom. The average Bonchev–Trinajstić information content (AvgIpc) is 3.74. The van der Waals surface area contributed by atoms with Crippen LogP contribution in [0.15, 0.2) is 85.1 Å². The lowest BCUT2D eigenvalue weighted by atomic mass is 10.0. The highest BCUT2D eigenvalue weighted by Crippen LogP contribution is 2.20. The highest BCUT2D eigenvalue weighted by atomic mass is 32.3. The summed E-state index contributed by atoms with van der Waals surface area (Å²) in [5.74, 6) is -7.64. The molecule has 12 N–H and O–H groups in total. The number of nitrogens with one attached hydrogen (secondary N) is 8. The van der Waals surface area contributed by atoms with Gasteiger partial charge in [-0.25, -0.2) is 0 Å². The predicted molar refractivity (Wildman–Crippen MR) is 272 cm³/mol. The number of carbonyl (C=O) groups is 9. The van der Waals surface area contributed by atoms with Crippen LogP contribution in [0.25, 0.3) is 10.9 Å². The summed E-state index contributed by atoms with van der Waals surface area (Å²) in [6.45, 7) is 0.496. The van der Waals surface area contributed by atoms with E-state index in [0.29, 0.717) is 28.2 Å². The van der Waals surface area contributed by atoms with E-state index in [0.717, 1.165) is 10.9 Å². The van der Waals surface area contributed by atoms with Crippen LogP contribution in [-0.2, 0) is 72.8 Å². The summed E-state index contributed by atoms with van der Waals surface area (Å²) in [6, 6.07) is 12.8. The number of amides is 8. The minimum absolute atomic E-state index is 0.00782. The Balaban J connectivity index is 1.51. The number of rotatable bonds is 30. The van der Waals surface area contributed by atoms with E-state index >= 15 is 0 Å². The van der Waals surface area contributed by atoms with Gasteiger partial charge in [0.1, 0.15) is 42.0 Å². The normalized spacial score (nSPS) is 13.6. The van der Waals surface area contributed by atoms with E-state index in [-0.39, 0.29) is 37.9 Å². The first-order valence-corrected chi connectivity index (χ1v) is 26.7. The summed E-state index contributed by atoms with van der Waals surface area (Å²) in [6.07, 6.45) is 4.09. The van der Waals surface area contributed by atoms with Crippen LogP contribution in [0.5, 0.6) is 5.75 Å². The molecule has 0 radical (unpaired) electrons. The minimum Gasteiger partial charge on any atom is -0.481 e. The molecule has 0 spiro atoms. The molecule has 1 aromatic heterocycles. The van der Waals surface area contributed by atoms with Crippen molar-refractivity contribution in [3.63, 3.8) is 0 Å². The van der Waals surface area contributed by atoms with Gasteiger partial charge >= 0.3 is 16.4 Å². The summed E-state index contributed by atoms with van der Waals surface area (Å²) >= 11 is 2.70. The largest absolute Gasteiger partial charge is 0.481 e. The van der Waals surface area contributed by atoms with Gasteiger partial charge < -0.3 is 57.2 Å². The number of primary amides is 1. The van der Waals surface area contributed by atoms with Gasteiger partial charge in [-0.05, 0) is 71.7 Å². The number of aromatic nitrogens is 1. The Morgan fingerprint density at radius 1 is 0.630 bits per heavy atom. The molecule has 26 heteroatoms. The summed E-state index contributed by atoms with van der Waals surface area (Å²) in [5, 5.41) is 28.1. The first-order valence-electron chi connectivity index (χ1n) is 22.6. The third-order valence-corrected chi connectivity index (χ3v) is 12.6. The molecule has 8 amide bonds. The van der Waals surface area contributed by atoms with Crippen molar-refractivity contribution >= 4 is 98.1 Å². The molecule has 0 bridgehead atoms. The number of aromatic amines is 1. The Kier molecular flexibility index (Phi) is 23.0. The average molecular weight is 1070 g/mol. The van der Waals surface area contributed by atoms with E-state index in [4.69, 9.17) is 10.3 Å². The first kappa shape index (κ1) is 58.4. The van der Waals surface area contributed by atoms with Gasteiger partial charge in [-0.3, -0.25) is 47.7 Å². The molecule has 23 nitrogen and oxygen atoms in total. The molecular formula is C47H59N9O14S3. The van der Waals surface area contributed by atoms with Gasteiger partial charge in [-0.2, -0.15) is 31.9 Å². The number of carboxylic acids is 1. The molecule has 0 aliphatic rings. The maximum absolute atomic E-state index is 14.3. The fourth-order valence-electron chi connectivity index (χ4n) is 7.31. The first-order chi connectivity index (χ1) is 34.7. The molecule has 0 saturated heterocycles. The van der Waals surface area contributed by atoms with Gasteiger partial charge in [-0.15, -0.1) is 0 Å². The monoisotopic (exact) mass is 1070 g/mol. The number of nitrogens with two attached hydrogens (primary N) is 1. The maximum Gasteiger partial charge on any atom is 0.446 e. The highest BCUT2D eigenvalue weighted by molar-refractivity contribution is 7.98. The van der Waals surface area contributed by atoms with E-state index in [2.05, 4.69) is 46.4 Å². The van der Waals surface area contributed by atoms with Crippen molar-refractivity contribution in [2.45, 2.75) is 81.7 Å². The standard InChI is InChI=1S/C47H59N9O14S3/c1-27(57)51-37(22-29-13-15-31(16-14-29)70-73(67,68)69)45(64)53-34(17-19-71-2)43(62)50-26-40(58)52-38(23-30-25-49-33-12-8-7-11-32(30)33)46(65)54-35(18-20-72-3)44(63)56-39(24-41(59)60)47(66)55-36(42(48)61)21-28-9-5-4-6-10-28/h4-16,25,34-39,49H,17-24,26H2,1-3H3,(H2,48,61)(H,50,62)(H,51,57)(H,52,58)(H,53,64)(H,54,65)(H,55,66)(H,56,63)(H,59,60)(H,67,68,69)/t34-,35-,36-,37-,38-,39+/m0/s1. The zero-order valence-corrected chi connectivity index (χ0v) is 42.5. The minimum atomic E-state index is -4.79. The molecule has 0 saturated carbocycles. The van der Waals surface area contributed by atoms with Crippen LogP contribution >= 0.6 is 23.5 Å². The number of carbonyl (C=O) groups excluding carboxylic acids is 8. The Labute approximate surface area is 429 Å². The number of carboxylic acid groups (broad SMARTS) is 1. The molecule has 0 aliphatic heterocycles. The number of para-hydroxylation sites is 1. The van der Waals surface area contributed by atoms with Crippen LogP contribution < -0.4 is 47.1 Å². The smallest absolute Gasteiger partial charge is 0.446 e. The molecule has 0 fully saturated rings. The second-order valence-electron chi connectivity index (χ2n) is 16.5. The molecule has 1 heterocycles. The predicted octanol–water partition coefficient (Wildman–Crippen LogP) is -0.111. The second kappa shape index (κ2) is 28.8. The number of aliphatic carboxylic acids is 1. The molecule has 4 aromatic rings. The third kappa shape index (κ3) is 20.1. The number of H-pyrrole nitrogens is 1. The molecular weight excluding hydrogens is 1010 g/mol. The van der Waals surface area contributed by atoms with Crippen LogP contribution in [0.1, 0.15) is 42.9 Å². The lowest BCUT2D eigenvalue weighted by Crippen LogP contribution is -2.59. The van der Waals surface area contributed by atoms with Gasteiger partial charge in [0.25, 0.3) is 0 Å². The summed E-state index contributed by atoms with van der Waals surface area (Å²) in [4.78, 5) is 122. The number of hydrogen-bond donors (Lipinski definition) is 11. The van der Waals surface area contributed by atoms with Crippen molar-refractivity contribution < 1.29 is 65.4 Å². The molecule has 73 heavy (non-hydrogen) atoms. The van der Waals surface area contributed by atoms with Crippen LogP contribution in [0, 0.1) is 0 Å². The van der Waals surface area contributed by atoms with Gasteiger partial charge in [0, 0.05) is 43.3 Å². The van der Waals surface area contributed by atoms with Crippen molar-refractivity contribution in [2.24, 2.45) is 5.73 Å². The van der Waals surface area contributed by atoms with Gasteiger partial charge in [0.15, 0.2) is 0 Å². The molecule has 4 rings (SSSR count). The van der Waals surface area contributed by atoms with Crippen LogP contribution in [0.4, 0.5) is 0 Å². The van der Waals surface area contributed by atoms with E-state index in [1.54, 1.807) is 73.3 Å². The van der Waals surface area contributed by atoms with Crippen molar-refractivity contribution in [2.75, 3.05) is 30.6 Å². The van der Waals surface area contributed by atoms with Crippen LogP contribution in [0.3, 0.4) is 0 Å². The van der Waals surface area contributed by atoms with Gasteiger partial charge in [0.05, 0.1) is 13.0 Å². The van der Waals surface area contributed by atoms with Gasteiger partial charge in [0.2, 0.25) is 47.3 Å². The number of thioether (sulfide) groups is 2. The summed E-state index contributed by atoms with van der Waals surface area (Å²) in [5.41, 5.74) is 7.98. The number of benzene rings is 3. The molecule has 394 valence electrons. The van der Waals surface area contributed by atoms with E-state index < -0.39 is 113 Å². The zero-order valence-electron chi connectivity index (χ0n) is 40.0. The van der Waals surface area contributed by atoms with E-state index in [9.17, 15) is 56.7 Å². The topological polar surface area (TPSA) is 363 Å². The molecule has 0 aliphatic carbocycles. The van der Waals surface area contributed by atoms with Crippen LogP contribution in [-0.4, -0.2) is 143 Å². The Bertz CT molecular complexity index is 2690. The van der Waals surface area contributed by atoms with Crippen molar-refractivity contribution in [3.05, 3.63) is 102 Å². The van der Waals surface area contributed by atoms with Crippen molar-refractivity contribution in [1.82, 2.24) is 42.2 Å². The quantitative estimate of drug-likeness (QED) is 0.0304. The Morgan fingerprint density at radius 2 is 1.14 bits per heavy atom. The fourth-order valence-corrected chi connectivity index (χ4v) is 8.61.